The first-order valence-corrected chi connectivity index (χ1v) is 6.53. The van der Waals surface area contributed by atoms with E-state index in [4.69, 9.17) is 9.95 Å². The third kappa shape index (κ3) is 3.51. The van der Waals surface area contributed by atoms with E-state index in [0.29, 0.717) is 19.5 Å². The predicted molar refractivity (Wildman–Crippen MR) is 70.3 cm³/mol. The van der Waals surface area contributed by atoms with E-state index < -0.39 is 0 Å². The molecule has 0 spiro atoms. The van der Waals surface area contributed by atoms with Crippen molar-refractivity contribution in [3.63, 3.8) is 0 Å². The maximum Gasteiger partial charge on any atom is 0.223 e. The molecule has 1 aliphatic heterocycles. The number of rotatable bonds is 6. The lowest BCUT2D eigenvalue weighted by atomic mass is 10.1. The van der Waals surface area contributed by atoms with E-state index in [2.05, 4.69) is 16.9 Å². The fourth-order valence-corrected chi connectivity index (χ4v) is 2.47. The van der Waals surface area contributed by atoms with Crippen LogP contribution in [0.15, 0.2) is 27.9 Å². The highest BCUT2D eigenvalue weighted by atomic mass is 16.3. The molecular formula is C13H18N4O2. The molecule has 6 heteroatoms. The van der Waals surface area contributed by atoms with Gasteiger partial charge in [0.05, 0.1) is 6.26 Å². The molecule has 1 amide bonds. The van der Waals surface area contributed by atoms with Gasteiger partial charge in [-0.2, -0.15) is 0 Å². The fraction of sp³-hybridized carbons (Fsp3) is 0.615. The summed E-state index contributed by atoms with van der Waals surface area (Å²) in [4.78, 5) is 16.6. The second-order valence-electron chi connectivity index (χ2n) is 5.00. The monoisotopic (exact) mass is 262 g/mol. The summed E-state index contributed by atoms with van der Waals surface area (Å²) in [5.41, 5.74) is 8.31. The second kappa shape index (κ2) is 6.29. The van der Waals surface area contributed by atoms with Crippen LogP contribution < -0.4 is 0 Å². The van der Waals surface area contributed by atoms with Crippen LogP contribution in [0, 0.1) is 5.92 Å². The summed E-state index contributed by atoms with van der Waals surface area (Å²) in [6.45, 7) is 3.15. The summed E-state index contributed by atoms with van der Waals surface area (Å²) in [6.07, 6.45) is 3.87. The van der Waals surface area contributed by atoms with Crippen molar-refractivity contribution < 1.29 is 9.21 Å². The van der Waals surface area contributed by atoms with E-state index >= 15 is 0 Å². The normalized spacial score (nSPS) is 20.4. The van der Waals surface area contributed by atoms with Gasteiger partial charge < -0.3 is 9.32 Å². The topological polar surface area (TPSA) is 82.2 Å². The number of carbonyl (C=O) groups excluding carboxylic acids is 1. The van der Waals surface area contributed by atoms with E-state index in [1.54, 1.807) is 6.26 Å². The van der Waals surface area contributed by atoms with Crippen LogP contribution in [-0.4, -0.2) is 29.9 Å². The van der Waals surface area contributed by atoms with Gasteiger partial charge in [0, 0.05) is 36.9 Å². The SMILES string of the molecule is CC(CCc1ccco1)N1CC(CN=[N+]=[N-])CC1=O. The van der Waals surface area contributed by atoms with E-state index in [1.165, 1.54) is 0 Å². The molecule has 1 aromatic rings. The number of hydrogen-bond donors (Lipinski definition) is 0. The molecule has 1 fully saturated rings. The Labute approximate surface area is 112 Å². The third-order valence-electron chi connectivity index (χ3n) is 3.56. The van der Waals surface area contributed by atoms with Crippen LogP contribution in [0.2, 0.25) is 0 Å². The van der Waals surface area contributed by atoms with E-state index in [-0.39, 0.29) is 17.9 Å². The lowest BCUT2D eigenvalue weighted by Crippen LogP contribution is -2.34. The average molecular weight is 262 g/mol. The molecule has 2 heterocycles. The number of likely N-dealkylation sites (tertiary alicyclic amines) is 1. The van der Waals surface area contributed by atoms with Crippen molar-refractivity contribution in [2.75, 3.05) is 13.1 Å². The minimum absolute atomic E-state index is 0.157. The van der Waals surface area contributed by atoms with Gasteiger partial charge in [0.15, 0.2) is 0 Å². The highest BCUT2D eigenvalue weighted by Crippen LogP contribution is 2.22. The number of amides is 1. The van der Waals surface area contributed by atoms with Crippen molar-refractivity contribution in [1.29, 1.82) is 0 Å². The van der Waals surface area contributed by atoms with Gasteiger partial charge in [-0.05, 0) is 36.9 Å². The predicted octanol–water partition coefficient (Wildman–Crippen LogP) is 2.76. The molecule has 0 N–H and O–H groups in total. The number of azide groups is 1. The van der Waals surface area contributed by atoms with E-state index in [1.807, 2.05) is 17.0 Å². The van der Waals surface area contributed by atoms with Gasteiger partial charge in [-0.1, -0.05) is 5.11 Å². The third-order valence-corrected chi connectivity index (χ3v) is 3.56. The highest BCUT2D eigenvalue weighted by molar-refractivity contribution is 5.79. The van der Waals surface area contributed by atoms with Gasteiger partial charge in [-0.25, -0.2) is 0 Å². The number of nitrogens with zero attached hydrogens (tertiary/aromatic N) is 4. The molecule has 0 aromatic carbocycles. The Morgan fingerprint density at radius 2 is 2.53 bits per heavy atom. The standard InChI is InChI=1S/C13H18N4O2/c1-10(4-5-12-3-2-6-19-12)17-9-11(7-13(17)18)8-15-16-14/h2-3,6,10-11H,4-5,7-9H2,1H3. The zero-order valence-corrected chi connectivity index (χ0v) is 11.0. The first-order valence-electron chi connectivity index (χ1n) is 6.53. The maximum absolute atomic E-state index is 11.9. The second-order valence-corrected chi connectivity index (χ2v) is 5.00. The zero-order chi connectivity index (χ0) is 13.7. The van der Waals surface area contributed by atoms with Crippen LogP contribution in [0.3, 0.4) is 0 Å². The van der Waals surface area contributed by atoms with E-state index in [0.717, 1.165) is 18.6 Å². The summed E-state index contributed by atoms with van der Waals surface area (Å²) < 4.78 is 5.29. The summed E-state index contributed by atoms with van der Waals surface area (Å²) >= 11 is 0. The molecule has 0 bridgehead atoms. The van der Waals surface area contributed by atoms with Crippen molar-refractivity contribution in [3.8, 4) is 0 Å². The molecule has 0 radical (unpaired) electrons. The highest BCUT2D eigenvalue weighted by Gasteiger charge is 2.31. The fourth-order valence-electron chi connectivity index (χ4n) is 2.47. The molecule has 0 saturated carbocycles. The van der Waals surface area contributed by atoms with Gasteiger partial charge in [-0.15, -0.1) is 0 Å². The Morgan fingerprint density at radius 1 is 1.68 bits per heavy atom. The number of hydrogen-bond acceptors (Lipinski definition) is 3. The summed E-state index contributed by atoms with van der Waals surface area (Å²) in [5, 5.41) is 3.56. The average Bonchev–Trinajstić information content (AvgIpc) is 3.03. The smallest absolute Gasteiger partial charge is 0.223 e. The Morgan fingerprint density at radius 3 is 3.21 bits per heavy atom. The van der Waals surface area contributed by atoms with Crippen molar-refractivity contribution in [3.05, 3.63) is 34.6 Å². The molecule has 6 nitrogen and oxygen atoms in total. The molecule has 0 aliphatic carbocycles. The molecule has 19 heavy (non-hydrogen) atoms. The Bertz CT molecular complexity index is 465. The molecule has 1 aromatic heterocycles. The summed E-state index contributed by atoms with van der Waals surface area (Å²) in [7, 11) is 0. The minimum atomic E-state index is 0.157. The van der Waals surface area contributed by atoms with Gasteiger partial charge in [0.25, 0.3) is 0 Å². The molecule has 1 aliphatic rings. The van der Waals surface area contributed by atoms with Crippen LogP contribution in [-0.2, 0) is 11.2 Å². The molecule has 1 saturated heterocycles. The van der Waals surface area contributed by atoms with Gasteiger partial charge >= 0.3 is 0 Å². The van der Waals surface area contributed by atoms with Crippen LogP contribution in [0.5, 0.6) is 0 Å². The van der Waals surface area contributed by atoms with Crippen LogP contribution in [0.4, 0.5) is 0 Å². The van der Waals surface area contributed by atoms with Gasteiger partial charge in [-0.3, -0.25) is 4.79 Å². The lowest BCUT2D eigenvalue weighted by molar-refractivity contribution is -0.129. The van der Waals surface area contributed by atoms with Crippen LogP contribution in [0.25, 0.3) is 10.4 Å². The first-order chi connectivity index (χ1) is 9.20. The van der Waals surface area contributed by atoms with E-state index in [9.17, 15) is 4.79 Å². The van der Waals surface area contributed by atoms with Crippen LogP contribution >= 0.6 is 0 Å². The zero-order valence-electron chi connectivity index (χ0n) is 11.0. The molecule has 2 atom stereocenters. The maximum atomic E-state index is 11.9. The van der Waals surface area contributed by atoms with Crippen molar-refractivity contribution >= 4 is 5.91 Å². The Hall–Kier alpha value is -1.94. The van der Waals surface area contributed by atoms with Gasteiger partial charge in [0.2, 0.25) is 5.91 Å². The quantitative estimate of drug-likeness (QED) is 0.448. The van der Waals surface area contributed by atoms with Gasteiger partial charge in [0.1, 0.15) is 5.76 Å². The Balaban J connectivity index is 1.83. The first kappa shape index (κ1) is 13.5. The molecule has 102 valence electrons. The summed E-state index contributed by atoms with van der Waals surface area (Å²) in [5.74, 6) is 1.27. The molecule has 2 rings (SSSR count). The molecular weight excluding hydrogens is 244 g/mol. The van der Waals surface area contributed by atoms with Crippen molar-refractivity contribution in [2.45, 2.75) is 32.2 Å². The van der Waals surface area contributed by atoms with Crippen LogP contribution in [0.1, 0.15) is 25.5 Å². The Kier molecular flexibility index (Phi) is 4.47. The number of aryl methyl sites for hydroxylation is 1. The minimum Gasteiger partial charge on any atom is -0.469 e. The number of furan rings is 1. The summed E-state index contributed by atoms with van der Waals surface area (Å²) in [6, 6.07) is 4.01. The van der Waals surface area contributed by atoms with Crippen molar-refractivity contribution in [1.82, 2.24) is 4.90 Å². The molecule has 2 unspecified atom stereocenters. The number of carbonyl (C=O) groups is 1. The lowest BCUT2D eigenvalue weighted by Gasteiger charge is -2.24. The van der Waals surface area contributed by atoms with Crippen molar-refractivity contribution in [2.24, 2.45) is 11.0 Å². The largest absolute Gasteiger partial charge is 0.469 e.